The number of rotatable bonds is 5. The van der Waals surface area contributed by atoms with E-state index < -0.39 is 10.8 Å². The summed E-state index contributed by atoms with van der Waals surface area (Å²) in [5.41, 5.74) is 0. The molecule has 1 heterocycles. The van der Waals surface area contributed by atoms with Crippen LogP contribution in [-0.4, -0.2) is 39.2 Å². The van der Waals surface area contributed by atoms with E-state index in [1.54, 1.807) is 18.4 Å². The molecule has 0 spiro atoms. The van der Waals surface area contributed by atoms with Crippen molar-refractivity contribution in [2.75, 3.05) is 12.8 Å². The van der Waals surface area contributed by atoms with Crippen LogP contribution < -0.4 is 10.6 Å². The number of hydrogen-bond donors (Lipinski definition) is 2. The maximum atomic E-state index is 12.0. The first-order valence-electron chi connectivity index (χ1n) is 7.88. The molecule has 1 aliphatic carbocycles. The van der Waals surface area contributed by atoms with E-state index in [0.717, 1.165) is 42.4 Å². The molecule has 0 bridgehead atoms. The smallest absolute Gasteiger partial charge is 0.191 e. The van der Waals surface area contributed by atoms with Crippen LogP contribution in [0.1, 0.15) is 42.5 Å². The van der Waals surface area contributed by atoms with Crippen LogP contribution in [0.25, 0.3) is 0 Å². The molecule has 2 rings (SSSR count). The lowest BCUT2D eigenvalue weighted by molar-refractivity contribution is 0.413. The van der Waals surface area contributed by atoms with Gasteiger partial charge in [0.15, 0.2) is 5.96 Å². The van der Waals surface area contributed by atoms with Crippen molar-refractivity contribution in [3.05, 3.63) is 16.1 Å². The highest BCUT2D eigenvalue weighted by atomic mass is 32.2. The van der Waals surface area contributed by atoms with Gasteiger partial charge in [0.25, 0.3) is 0 Å². The normalized spacial score (nSPS) is 24.0. The summed E-state index contributed by atoms with van der Waals surface area (Å²) in [6.07, 6.45) is 6.20. The summed E-state index contributed by atoms with van der Waals surface area (Å²) in [6.45, 7) is 4.75. The number of hydrogen-bond acceptors (Lipinski definition) is 4. The number of guanidine groups is 1. The lowest BCUT2D eigenvalue weighted by Crippen LogP contribution is -2.46. The quantitative estimate of drug-likeness (QED) is 0.636. The van der Waals surface area contributed by atoms with Crippen molar-refractivity contribution in [1.29, 1.82) is 0 Å². The Hall–Kier alpha value is -0.950. The molecule has 124 valence electrons. The first kappa shape index (κ1) is 17.4. The second kappa shape index (κ2) is 8.62. The standard InChI is InChI=1S/C15H26N4OS2/c1-4-22(20)13-7-5-6-12(8-13)19-15(16-3)18-10-14-17-9-11(2)21-14/h9,12-13H,4-8,10H2,1-3H3,(H2,16,18,19). The SMILES string of the molecule is CCS(=O)C1CCCC(NC(=NC)NCc2ncc(C)s2)C1. The second-order valence-electron chi connectivity index (χ2n) is 5.59. The monoisotopic (exact) mass is 342 g/mol. The van der Waals surface area contributed by atoms with Crippen molar-refractivity contribution in [3.63, 3.8) is 0 Å². The van der Waals surface area contributed by atoms with E-state index in [4.69, 9.17) is 0 Å². The molecule has 0 saturated heterocycles. The maximum absolute atomic E-state index is 12.0. The number of aryl methyl sites for hydroxylation is 1. The molecular weight excluding hydrogens is 316 g/mol. The Bertz CT molecular complexity index is 529. The van der Waals surface area contributed by atoms with Gasteiger partial charge in [0.05, 0.1) is 6.54 Å². The molecule has 1 fully saturated rings. The summed E-state index contributed by atoms with van der Waals surface area (Å²) in [5, 5.41) is 8.18. The van der Waals surface area contributed by atoms with Crippen LogP contribution in [0.15, 0.2) is 11.2 Å². The van der Waals surface area contributed by atoms with Crippen LogP contribution in [-0.2, 0) is 17.3 Å². The third kappa shape index (κ3) is 5.05. The minimum absolute atomic E-state index is 0.330. The van der Waals surface area contributed by atoms with Crippen molar-refractivity contribution in [2.45, 2.75) is 57.4 Å². The minimum Gasteiger partial charge on any atom is -0.354 e. The van der Waals surface area contributed by atoms with Gasteiger partial charge in [-0.25, -0.2) is 4.98 Å². The molecule has 0 radical (unpaired) electrons. The van der Waals surface area contributed by atoms with Crippen LogP contribution in [0, 0.1) is 6.92 Å². The van der Waals surface area contributed by atoms with Crippen LogP contribution in [0.5, 0.6) is 0 Å². The van der Waals surface area contributed by atoms with E-state index in [1.165, 1.54) is 4.88 Å². The van der Waals surface area contributed by atoms with Gasteiger partial charge in [-0.3, -0.25) is 9.20 Å². The van der Waals surface area contributed by atoms with E-state index in [0.29, 0.717) is 17.8 Å². The molecule has 3 unspecified atom stereocenters. The van der Waals surface area contributed by atoms with Gasteiger partial charge < -0.3 is 10.6 Å². The van der Waals surface area contributed by atoms with Gasteiger partial charge in [0, 0.05) is 46.0 Å². The molecule has 5 nitrogen and oxygen atoms in total. The van der Waals surface area contributed by atoms with Crippen molar-refractivity contribution >= 4 is 28.1 Å². The van der Waals surface area contributed by atoms with E-state index >= 15 is 0 Å². The van der Waals surface area contributed by atoms with Gasteiger partial charge in [-0.2, -0.15) is 0 Å². The largest absolute Gasteiger partial charge is 0.354 e. The number of aliphatic imine (C=N–C) groups is 1. The Kier molecular flexibility index (Phi) is 6.82. The Labute approximate surface area is 139 Å². The van der Waals surface area contributed by atoms with Gasteiger partial charge in [0.2, 0.25) is 0 Å². The van der Waals surface area contributed by atoms with Gasteiger partial charge in [-0.05, 0) is 26.2 Å². The summed E-state index contributed by atoms with van der Waals surface area (Å²) in [6, 6.07) is 0.360. The Morgan fingerprint density at radius 3 is 3.00 bits per heavy atom. The van der Waals surface area contributed by atoms with Crippen molar-refractivity contribution in [3.8, 4) is 0 Å². The number of aromatic nitrogens is 1. The minimum atomic E-state index is -0.690. The van der Waals surface area contributed by atoms with Crippen LogP contribution >= 0.6 is 11.3 Å². The molecule has 2 N–H and O–H groups in total. The van der Waals surface area contributed by atoms with Crippen LogP contribution in [0.3, 0.4) is 0 Å². The third-order valence-corrected chi connectivity index (χ3v) is 6.58. The first-order chi connectivity index (χ1) is 10.6. The average Bonchev–Trinajstić information content (AvgIpc) is 2.96. The zero-order valence-electron chi connectivity index (χ0n) is 13.6. The predicted molar refractivity (Wildman–Crippen MR) is 94.9 cm³/mol. The topological polar surface area (TPSA) is 66.4 Å². The summed E-state index contributed by atoms with van der Waals surface area (Å²) in [5.74, 6) is 1.56. The van der Waals surface area contributed by atoms with Crippen molar-refractivity contribution < 1.29 is 4.21 Å². The average molecular weight is 343 g/mol. The molecule has 1 aromatic rings. The number of thiazole rings is 1. The Morgan fingerprint density at radius 2 is 2.36 bits per heavy atom. The highest BCUT2D eigenvalue weighted by Gasteiger charge is 2.26. The third-order valence-electron chi connectivity index (χ3n) is 3.92. The molecule has 0 amide bonds. The van der Waals surface area contributed by atoms with Crippen LogP contribution in [0.2, 0.25) is 0 Å². The lowest BCUT2D eigenvalue weighted by atomic mass is 9.95. The first-order valence-corrected chi connectivity index (χ1v) is 10.1. The zero-order chi connectivity index (χ0) is 15.9. The van der Waals surface area contributed by atoms with Gasteiger partial charge in [-0.15, -0.1) is 11.3 Å². The van der Waals surface area contributed by atoms with E-state index in [1.807, 2.05) is 13.1 Å². The van der Waals surface area contributed by atoms with E-state index in [-0.39, 0.29) is 0 Å². The molecule has 0 aromatic carbocycles. The summed E-state index contributed by atoms with van der Waals surface area (Å²) >= 11 is 1.70. The fourth-order valence-electron chi connectivity index (χ4n) is 2.78. The van der Waals surface area contributed by atoms with Crippen molar-refractivity contribution in [1.82, 2.24) is 15.6 Å². The molecule has 1 aliphatic rings. The van der Waals surface area contributed by atoms with Gasteiger partial charge in [-0.1, -0.05) is 13.3 Å². The fraction of sp³-hybridized carbons (Fsp3) is 0.733. The Morgan fingerprint density at radius 1 is 1.55 bits per heavy atom. The highest BCUT2D eigenvalue weighted by Crippen LogP contribution is 2.23. The predicted octanol–water partition coefficient (Wildman–Crippen LogP) is 2.20. The van der Waals surface area contributed by atoms with Crippen molar-refractivity contribution in [2.24, 2.45) is 4.99 Å². The highest BCUT2D eigenvalue weighted by molar-refractivity contribution is 7.85. The fourth-order valence-corrected chi connectivity index (χ4v) is 4.86. The summed E-state index contributed by atoms with van der Waals surface area (Å²) in [4.78, 5) is 9.86. The van der Waals surface area contributed by atoms with E-state index in [9.17, 15) is 4.21 Å². The molecular formula is C15H26N4OS2. The molecule has 1 aromatic heterocycles. The lowest BCUT2D eigenvalue weighted by Gasteiger charge is -2.30. The summed E-state index contributed by atoms with van der Waals surface area (Å²) < 4.78 is 12.0. The Balaban J connectivity index is 1.83. The molecule has 3 atom stereocenters. The van der Waals surface area contributed by atoms with Gasteiger partial charge >= 0.3 is 0 Å². The molecule has 22 heavy (non-hydrogen) atoms. The zero-order valence-corrected chi connectivity index (χ0v) is 15.2. The molecule has 0 aliphatic heterocycles. The molecule has 1 saturated carbocycles. The van der Waals surface area contributed by atoms with Gasteiger partial charge in [0.1, 0.15) is 5.01 Å². The second-order valence-corrected chi connectivity index (χ2v) is 8.91. The van der Waals surface area contributed by atoms with E-state index in [2.05, 4.69) is 27.5 Å². The number of nitrogens with zero attached hydrogens (tertiary/aromatic N) is 2. The molecule has 7 heteroatoms. The maximum Gasteiger partial charge on any atom is 0.191 e. The van der Waals surface area contributed by atoms with Crippen LogP contribution in [0.4, 0.5) is 0 Å². The summed E-state index contributed by atoms with van der Waals surface area (Å²) in [7, 11) is 1.09. The number of nitrogens with one attached hydrogen (secondary N) is 2.